The van der Waals surface area contributed by atoms with Gasteiger partial charge in [0.2, 0.25) is 0 Å². The Hall–Kier alpha value is -2.43. The number of Topliss-reactive ketones (excluding diaryl/α,β-unsaturated/α-hetero) is 1. The summed E-state index contributed by atoms with van der Waals surface area (Å²) in [7, 11) is 0. The number of hydrogen-bond donors (Lipinski definition) is 1. The minimum absolute atomic E-state index is 0.158. The third-order valence-electron chi connectivity index (χ3n) is 6.11. The van der Waals surface area contributed by atoms with Gasteiger partial charge in [0, 0.05) is 24.0 Å². The molecule has 0 saturated carbocycles. The molecule has 2 aliphatic heterocycles. The van der Waals surface area contributed by atoms with E-state index in [0.717, 1.165) is 55.9 Å². The molecule has 2 aromatic rings. The van der Waals surface area contributed by atoms with Crippen LogP contribution in [0.1, 0.15) is 48.2 Å². The molecule has 0 unspecified atom stereocenters. The standard InChI is InChI=1S/C25H30N2O2/c1-3-27(4-2)18-23(28)20-10-11-24-21(16-20)22(19-8-6-5-7-9-19)17-25(29-24)12-14-26-15-13-25/h5-11,16-17,26H,3-4,12-15,18H2,1-2H3. The average molecular weight is 391 g/mol. The molecule has 0 bridgehead atoms. The SMILES string of the molecule is CCN(CC)CC(=O)c1ccc2c(c1)C(c1ccccc1)=CC1(CCNCC1)O2. The quantitative estimate of drug-likeness (QED) is 0.752. The molecule has 0 radical (unpaired) electrons. The summed E-state index contributed by atoms with van der Waals surface area (Å²) in [5.74, 6) is 1.04. The summed E-state index contributed by atoms with van der Waals surface area (Å²) in [4.78, 5) is 15.0. The molecule has 1 spiro atoms. The number of ether oxygens (including phenoxy) is 1. The summed E-state index contributed by atoms with van der Waals surface area (Å²) in [6, 6.07) is 16.4. The number of benzene rings is 2. The van der Waals surface area contributed by atoms with Crippen molar-refractivity contribution in [1.82, 2.24) is 10.2 Å². The highest BCUT2D eigenvalue weighted by Crippen LogP contribution is 2.43. The lowest BCUT2D eigenvalue weighted by atomic mass is 9.83. The van der Waals surface area contributed by atoms with Crippen molar-refractivity contribution in [2.24, 2.45) is 0 Å². The molecular formula is C25H30N2O2. The number of carbonyl (C=O) groups excluding carboxylic acids is 1. The summed E-state index contributed by atoms with van der Waals surface area (Å²) in [5, 5.41) is 3.43. The molecule has 4 rings (SSSR count). The Morgan fingerprint density at radius 2 is 1.79 bits per heavy atom. The molecule has 2 heterocycles. The first-order chi connectivity index (χ1) is 14.1. The second-order valence-corrected chi connectivity index (χ2v) is 7.94. The van der Waals surface area contributed by atoms with E-state index in [1.54, 1.807) is 0 Å². The number of piperidine rings is 1. The minimum Gasteiger partial charge on any atom is -0.482 e. The van der Waals surface area contributed by atoms with Crippen molar-refractivity contribution < 1.29 is 9.53 Å². The maximum Gasteiger partial charge on any atom is 0.176 e. The zero-order chi connectivity index (χ0) is 20.3. The van der Waals surface area contributed by atoms with Gasteiger partial charge in [-0.05, 0) is 61.6 Å². The Morgan fingerprint density at radius 3 is 2.48 bits per heavy atom. The second kappa shape index (κ2) is 8.52. The number of rotatable bonds is 6. The average Bonchev–Trinajstić information content (AvgIpc) is 2.77. The summed E-state index contributed by atoms with van der Waals surface area (Å²) >= 11 is 0. The molecule has 1 fully saturated rings. The number of nitrogens with one attached hydrogen (secondary N) is 1. The maximum atomic E-state index is 12.9. The Kier molecular flexibility index (Phi) is 5.84. The highest BCUT2D eigenvalue weighted by molar-refractivity contribution is 5.99. The second-order valence-electron chi connectivity index (χ2n) is 7.94. The van der Waals surface area contributed by atoms with Crippen molar-refractivity contribution in [2.45, 2.75) is 32.3 Å². The summed E-state index contributed by atoms with van der Waals surface area (Å²) in [5.41, 5.74) is 3.85. The van der Waals surface area contributed by atoms with Crippen LogP contribution in [-0.2, 0) is 0 Å². The van der Waals surface area contributed by atoms with Gasteiger partial charge in [0.1, 0.15) is 11.4 Å². The van der Waals surface area contributed by atoms with Gasteiger partial charge in [-0.3, -0.25) is 9.69 Å². The summed E-state index contributed by atoms with van der Waals surface area (Å²) < 4.78 is 6.53. The van der Waals surface area contributed by atoms with Crippen LogP contribution in [0.15, 0.2) is 54.6 Å². The fraction of sp³-hybridized carbons (Fsp3) is 0.400. The molecule has 1 saturated heterocycles. The van der Waals surface area contributed by atoms with E-state index in [2.05, 4.69) is 54.4 Å². The van der Waals surface area contributed by atoms with Crippen molar-refractivity contribution in [2.75, 3.05) is 32.7 Å². The fourth-order valence-corrected chi connectivity index (χ4v) is 4.29. The molecule has 0 aromatic heterocycles. The molecule has 4 nitrogen and oxygen atoms in total. The van der Waals surface area contributed by atoms with Crippen LogP contribution in [0.3, 0.4) is 0 Å². The van der Waals surface area contributed by atoms with Gasteiger partial charge in [0.25, 0.3) is 0 Å². The van der Waals surface area contributed by atoms with E-state index in [1.807, 2.05) is 24.3 Å². The van der Waals surface area contributed by atoms with E-state index in [1.165, 1.54) is 11.1 Å². The van der Waals surface area contributed by atoms with Gasteiger partial charge in [-0.2, -0.15) is 0 Å². The predicted octanol–water partition coefficient (Wildman–Crippen LogP) is 4.16. The Labute approximate surface area is 173 Å². The zero-order valence-corrected chi connectivity index (χ0v) is 17.4. The van der Waals surface area contributed by atoms with Crippen LogP contribution < -0.4 is 10.1 Å². The predicted molar refractivity (Wildman–Crippen MR) is 118 cm³/mol. The normalized spacial score (nSPS) is 17.6. The zero-order valence-electron chi connectivity index (χ0n) is 17.4. The number of carbonyl (C=O) groups is 1. The van der Waals surface area contributed by atoms with E-state index in [-0.39, 0.29) is 11.4 Å². The Balaban J connectivity index is 1.74. The van der Waals surface area contributed by atoms with Gasteiger partial charge in [0.15, 0.2) is 5.78 Å². The third kappa shape index (κ3) is 4.14. The number of ketones is 1. The molecule has 4 heteroatoms. The van der Waals surface area contributed by atoms with E-state index in [0.29, 0.717) is 6.54 Å². The fourth-order valence-electron chi connectivity index (χ4n) is 4.29. The van der Waals surface area contributed by atoms with Crippen molar-refractivity contribution in [1.29, 1.82) is 0 Å². The van der Waals surface area contributed by atoms with Crippen molar-refractivity contribution >= 4 is 11.4 Å². The van der Waals surface area contributed by atoms with Gasteiger partial charge in [0.05, 0.1) is 6.54 Å². The topological polar surface area (TPSA) is 41.6 Å². The lowest BCUT2D eigenvalue weighted by Gasteiger charge is -2.40. The summed E-state index contributed by atoms with van der Waals surface area (Å²) in [6.45, 7) is 8.29. The number of nitrogens with zero attached hydrogens (tertiary/aromatic N) is 1. The van der Waals surface area contributed by atoms with E-state index >= 15 is 0 Å². The van der Waals surface area contributed by atoms with Crippen molar-refractivity contribution in [3.05, 3.63) is 71.3 Å². The molecule has 29 heavy (non-hydrogen) atoms. The van der Waals surface area contributed by atoms with Crippen LogP contribution in [0.5, 0.6) is 5.75 Å². The monoisotopic (exact) mass is 390 g/mol. The highest BCUT2D eigenvalue weighted by Gasteiger charge is 2.37. The van der Waals surface area contributed by atoms with Gasteiger partial charge >= 0.3 is 0 Å². The van der Waals surface area contributed by atoms with E-state index in [9.17, 15) is 4.79 Å². The molecule has 0 amide bonds. The van der Waals surface area contributed by atoms with Crippen LogP contribution in [-0.4, -0.2) is 49.0 Å². The highest BCUT2D eigenvalue weighted by atomic mass is 16.5. The molecule has 1 N–H and O–H groups in total. The van der Waals surface area contributed by atoms with Crippen molar-refractivity contribution in [3.8, 4) is 5.75 Å². The van der Waals surface area contributed by atoms with Crippen LogP contribution in [0, 0.1) is 0 Å². The third-order valence-corrected chi connectivity index (χ3v) is 6.11. The molecule has 0 aliphatic carbocycles. The molecule has 152 valence electrons. The van der Waals surface area contributed by atoms with E-state index in [4.69, 9.17) is 4.74 Å². The van der Waals surface area contributed by atoms with Gasteiger partial charge < -0.3 is 10.1 Å². The van der Waals surface area contributed by atoms with E-state index < -0.39 is 0 Å². The van der Waals surface area contributed by atoms with Gasteiger partial charge in [-0.15, -0.1) is 0 Å². The summed E-state index contributed by atoms with van der Waals surface area (Å²) in [6.07, 6.45) is 4.20. The molecular weight excluding hydrogens is 360 g/mol. The maximum absolute atomic E-state index is 12.9. The lowest BCUT2D eigenvalue weighted by molar-refractivity contribution is 0.0816. The lowest BCUT2D eigenvalue weighted by Crippen LogP contribution is -2.46. The molecule has 2 aromatic carbocycles. The first-order valence-corrected chi connectivity index (χ1v) is 10.7. The van der Waals surface area contributed by atoms with Crippen LogP contribution in [0.25, 0.3) is 5.57 Å². The minimum atomic E-state index is -0.268. The van der Waals surface area contributed by atoms with Crippen LogP contribution in [0.4, 0.5) is 0 Å². The number of likely N-dealkylation sites (N-methyl/N-ethyl adjacent to an activating group) is 1. The van der Waals surface area contributed by atoms with Gasteiger partial charge in [-0.1, -0.05) is 44.2 Å². The van der Waals surface area contributed by atoms with Crippen LogP contribution >= 0.6 is 0 Å². The van der Waals surface area contributed by atoms with Crippen LogP contribution in [0.2, 0.25) is 0 Å². The molecule has 2 aliphatic rings. The first kappa shape index (κ1) is 19.9. The smallest absolute Gasteiger partial charge is 0.176 e. The molecule has 0 atom stereocenters. The first-order valence-electron chi connectivity index (χ1n) is 10.7. The Morgan fingerprint density at radius 1 is 1.07 bits per heavy atom. The van der Waals surface area contributed by atoms with Gasteiger partial charge in [-0.25, -0.2) is 0 Å². The largest absolute Gasteiger partial charge is 0.482 e. The van der Waals surface area contributed by atoms with Crippen molar-refractivity contribution in [3.63, 3.8) is 0 Å². The number of hydrogen-bond acceptors (Lipinski definition) is 4. The Bertz CT molecular complexity index is 894. The number of fused-ring (bicyclic) bond motifs is 1.